The van der Waals surface area contributed by atoms with Crippen LogP contribution in [0.2, 0.25) is 0 Å². The molecule has 0 aliphatic carbocycles. The van der Waals surface area contributed by atoms with Gasteiger partial charge in [0, 0.05) is 19.6 Å². The first kappa shape index (κ1) is 12.1. The summed E-state index contributed by atoms with van der Waals surface area (Å²) in [5, 5.41) is 22.3. The van der Waals surface area contributed by atoms with Crippen LogP contribution in [-0.4, -0.2) is 47.0 Å². The summed E-state index contributed by atoms with van der Waals surface area (Å²) >= 11 is 0. The molecule has 1 fully saturated rings. The van der Waals surface area contributed by atoms with Gasteiger partial charge in [-0.3, -0.25) is 4.98 Å². The van der Waals surface area contributed by atoms with E-state index in [1.807, 2.05) is 11.0 Å². The van der Waals surface area contributed by atoms with Gasteiger partial charge in [0.15, 0.2) is 0 Å². The van der Waals surface area contributed by atoms with E-state index in [1.165, 1.54) is 0 Å². The van der Waals surface area contributed by atoms with E-state index in [1.54, 1.807) is 12.4 Å². The Morgan fingerprint density at radius 3 is 2.71 bits per heavy atom. The van der Waals surface area contributed by atoms with Crippen LogP contribution in [0.4, 0.5) is 11.4 Å². The number of pyridine rings is 1. The summed E-state index contributed by atoms with van der Waals surface area (Å²) in [5.74, 6) is 0. The lowest BCUT2D eigenvalue weighted by molar-refractivity contribution is 0.0572. The molecular weight excluding hydrogens is 218 g/mol. The van der Waals surface area contributed by atoms with Crippen molar-refractivity contribution in [2.24, 2.45) is 0 Å². The highest BCUT2D eigenvalue weighted by molar-refractivity contribution is 5.56. The van der Waals surface area contributed by atoms with Crippen LogP contribution in [0.15, 0.2) is 18.5 Å². The van der Waals surface area contributed by atoms with Crippen LogP contribution >= 0.6 is 0 Å². The standard InChI is InChI=1S/C12H19N3O2/c1-2-3-14-9-4-10(6-13-5-9)15-7-11(16)12(17)8-15/h4-6,11-12,14,16-17H,2-3,7-8H2,1H3. The van der Waals surface area contributed by atoms with Crippen molar-refractivity contribution in [3.63, 3.8) is 0 Å². The van der Waals surface area contributed by atoms with Crippen LogP contribution in [0.25, 0.3) is 0 Å². The number of hydrogen-bond acceptors (Lipinski definition) is 5. The third-order valence-electron chi connectivity index (χ3n) is 2.93. The normalized spacial score (nSPS) is 24.1. The lowest BCUT2D eigenvalue weighted by Crippen LogP contribution is -2.22. The highest BCUT2D eigenvalue weighted by Crippen LogP contribution is 2.22. The summed E-state index contributed by atoms with van der Waals surface area (Å²) in [6.07, 6.45) is 3.26. The summed E-state index contributed by atoms with van der Waals surface area (Å²) in [4.78, 5) is 6.11. The van der Waals surface area contributed by atoms with Crippen molar-refractivity contribution in [1.29, 1.82) is 0 Å². The van der Waals surface area contributed by atoms with Gasteiger partial charge in [0.25, 0.3) is 0 Å². The number of anilines is 2. The number of β-amino-alcohol motifs (C(OH)–C–C–N with tert-alkyl or cyclic N) is 2. The molecule has 94 valence electrons. The molecule has 2 atom stereocenters. The van der Waals surface area contributed by atoms with Gasteiger partial charge in [0.2, 0.25) is 0 Å². The number of hydrogen-bond donors (Lipinski definition) is 3. The number of aromatic nitrogens is 1. The van der Waals surface area contributed by atoms with E-state index in [2.05, 4.69) is 17.2 Å². The molecule has 0 radical (unpaired) electrons. The van der Waals surface area contributed by atoms with Gasteiger partial charge in [-0.15, -0.1) is 0 Å². The predicted octanol–water partition coefficient (Wildman–Crippen LogP) is 0.445. The predicted molar refractivity (Wildman–Crippen MR) is 67.2 cm³/mol. The molecule has 5 heteroatoms. The lowest BCUT2D eigenvalue weighted by atomic mass is 10.3. The SMILES string of the molecule is CCCNc1cncc(N2CC(O)C(O)C2)c1. The monoisotopic (exact) mass is 237 g/mol. The first-order valence-corrected chi connectivity index (χ1v) is 6.00. The number of nitrogens with one attached hydrogen (secondary N) is 1. The van der Waals surface area contributed by atoms with E-state index in [-0.39, 0.29) is 0 Å². The molecule has 0 aromatic carbocycles. The Kier molecular flexibility index (Phi) is 3.81. The fourth-order valence-electron chi connectivity index (χ4n) is 1.95. The number of aliphatic hydroxyl groups excluding tert-OH is 2. The average Bonchev–Trinajstić information content (AvgIpc) is 2.68. The summed E-state index contributed by atoms with van der Waals surface area (Å²) in [6.45, 7) is 3.94. The van der Waals surface area contributed by atoms with E-state index in [0.717, 1.165) is 24.3 Å². The Hall–Kier alpha value is -1.33. The average molecular weight is 237 g/mol. The molecule has 3 N–H and O–H groups in total. The minimum atomic E-state index is -0.665. The minimum Gasteiger partial charge on any atom is -0.389 e. The molecule has 2 heterocycles. The van der Waals surface area contributed by atoms with Crippen molar-refractivity contribution in [3.8, 4) is 0 Å². The first-order chi connectivity index (χ1) is 8.20. The van der Waals surface area contributed by atoms with Crippen molar-refractivity contribution >= 4 is 11.4 Å². The van der Waals surface area contributed by atoms with Crippen molar-refractivity contribution in [2.45, 2.75) is 25.6 Å². The van der Waals surface area contributed by atoms with Crippen LogP contribution in [0.5, 0.6) is 0 Å². The molecule has 1 aromatic rings. The van der Waals surface area contributed by atoms with E-state index < -0.39 is 12.2 Å². The Labute approximate surface area is 101 Å². The maximum atomic E-state index is 9.51. The second kappa shape index (κ2) is 5.33. The molecule has 1 saturated heterocycles. The zero-order valence-electron chi connectivity index (χ0n) is 10.0. The van der Waals surface area contributed by atoms with Gasteiger partial charge in [0.05, 0.1) is 36.0 Å². The molecule has 17 heavy (non-hydrogen) atoms. The largest absolute Gasteiger partial charge is 0.389 e. The van der Waals surface area contributed by atoms with Gasteiger partial charge in [0.1, 0.15) is 0 Å². The Balaban J connectivity index is 2.06. The quantitative estimate of drug-likeness (QED) is 0.709. The van der Waals surface area contributed by atoms with Crippen LogP contribution in [-0.2, 0) is 0 Å². The molecule has 0 spiro atoms. The summed E-state index contributed by atoms with van der Waals surface area (Å²) < 4.78 is 0. The Morgan fingerprint density at radius 1 is 1.35 bits per heavy atom. The van der Waals surface area contributed by atoms with E-state index >= 15 is 0 Å². The first-order valence-electron chi connectivity index (χ1n) is 6.00. The molecule has 1 aliphatic rings. The van der Waals surface area contributed by atoms with E-state index in [0.29, 0.717) is 13.1 Å². The van der Waals surface area contributed by atoms with E-state index in [9.17, 15) is 10.2 Å². The summed E-state index contributed by atoms with van der Waals surface area (Å²) in [6, 6.07) is 1.99. The molecule has 0 bridgehead atoms. The highest BCUT2D eigenvalue weighted by atomic mass is 16.3. The molecule has 2 rings (SSSR count). The van der Waals surface area contributed by atoms with Crippen molar-refractivity contribution < 1.29 is 10.2 Å². The summed E-state index contributed by atoms with van der Waals surface area (Å²) in [5.41, 5.74) is 1.90. The van der Waals surface area contributed by atoms with Gasteiger partial charge in [-0.25, -0.2) is 0 Å². The molecule has 0 amide bonds. The molecule has 1 aliphatic heterocycles. The second-order valence-electron chi connectivity index (χ2n) is 4.40. The minimum absolute atomic E-state index is 0.458. The molecule has 5 nitrogen and oxygen atoms in total. The van der Waals surface area contributed by atoms with Crippen LogP contribution < -0.4 is 10.2 Å². The third kappa shape index (κ3) is 2.87. The Morgan fingerprint density at radius 2 is 2.06 bits per heavy atom. The fourth-order valence-corrected chi connectivity index (χ4v) is 1.95. The van der Waals surface area contributed by atoms with Gasteiger partial charge >= 0.3 is 0 Å². The third-order valence-corrected chi connectivity index (χ3v) is 2.93. The lowest BCUT2D eigenvalue weighted by Gasteiger charge is -2.18. The van der Waals surface area contributed by atoms with E-state index in [4.69, 9.17) is 0 Å². The van der Waals surface area contributed by atoms with Gasteiger partial charge in [-0.1, -0.05) is 6.92 Å². The molecule has 2 unspecified atom stereocenters. The second-order valence-corrected chi connectivity index (χ2v) is 4.40. The molecule has 0 saturated carbocycles. The van der Waals surface area contributed by atoms with Crippen LogP contribution in [0, 0.1) is 0 Å². The smallest absolute Gasteiger partial charge is 0.0990 e. The van der Waals surface area contributed by atoms with Gasteiger partial charge in [-0.05, 0) is 12.5 Å². The van der Waals surface area contributed by atoms with Gasteiger partial charge in [-0.2, -0.15) is 0 Å². The van der Waals surface area contributed by atoms with Crippen LogP contribution in [0.1, 0.15) is 13.3 Å². The Bertz CT molecular complexity index is 363. The van der Waals surface area contributed by atoms with Crippen LogP contribution in [0.3, 0.4) is 0 Å². The topological polar surface area (TPSA) is 68.6 Å². The maximum Gasteiger partial charge on any atom is 0.0990 e. The molecular formula is C12H19N3O2. The number of nitrogens with zero attached hydrogens (tertiary/aromatic N) is 2. The number of rotatable bonds is 4. The fraction of sp³-hybridized carbons (Fsp3) is 0.583. The van der Waals surface area contributed by atoms with Gasteiger partial charge < -0.3 is 20.4 Å². The summed E-state index contributed by atoms with van der Waals surface area (Å²) in [7, 11) is 0. The van der Waals surface area contributed by atoms with Crippen molar-refractivity contribution in [2.75, 3.05) is 29.9 Å². The van der Waals surface area contributed by atoms with Crippen molar-refractivity contribution in [1.82, 2.24) is 4.98 Å². The molecule has 1 aromatic heterocycles. The highest BCUT2D eigenvalue weighted by Gasteiger charge is 2.29. The zero-order valence-corrected chi connectivity index (χ0v) is 10.0. The number of aliphatic hydroxyl groups is 2. The van der Waals surface area contributed by atoms with Crippen molar-refractivity contribution in [3.05, 3.63) is 18.5 Å². The maximum absolute atomic E-state index is 9.51. The zero-order chi connectivity index (χ0) is 12.3.